The van der Waals surface area contributed by atoms with Gasteiger partial charge in [-0.15, -0.1) is 11.3 Å². The van der Waals surface area contributed by atoms with Gasteiger partial charge in [-0.1, -0.05) is 6.07 Å². The van der Waals surface area contributed by atoms with Crippen LogP contribution in [0.4, 0.5) is 11.4 Å². The molecule has 0 aliphatic carbocycles. The van der Waals surface area contributed by atoms with Gasteiger partial charge in [-0.2, -0.15) is 0 Å². The second kappa shape index (κ2) is 4.75. The Hall–Kier alpha value is -1.60. The first kappa shape index (κ1) is 13.4. The number of nitrogens with zero attached hydrogens (tertiary/aromatic N) is 2. The predicted molar refractivity (Wildman–Crippen MR) is 80.6 cm³/mol. The summed E-state index contributed by atoms with van der Waals surface area (Å²) in [5, 5.41) is 0.744. The Morgan fingerprint density at radius 3 is 2.90 bits per heavy atom. The number of thiazole rings is 1. The lowest BCUT2D eigenvalue weighted by atomic mass is 10.0. The largest absolute Gasteiger partial charge is 0.398 e. The smallest absolute Gasteiger partial charge is 0.275 e. The third-order valence-electron chi connectivity index (χ3n) is 3.39. The molecule has 0 atom stereocenters. The van der Waals surface area contributed by atoms with Crippen molar-refractivity contribution in [2.75, 3.05) is 16.6 Å². The molecule has 0 spiro atoms. The quantitative estimate of drug-likeness (QED) is 0.863. The molecule has 20 heavy (non-hydrogen) atoms. The number of nitrogens with two attached hydrogens (primary N) is 1. The van der Waals surface area contributed by atoms with E-state index < -0.39 is 10.0 Å². The van der Waals surface area contributed by atoms with Crippen LogP contribution in [0.2, 0.25) is 0 Å². The molecule has 0 saturated heterocycles. The van der Waals surface area contributed by atoms with Crippen molar-refractivity contribution in [2.24, 2.45) is 0 Å². The fourth-order valence-electron chi connectivity index (χ4n) is 2.44. The first-order chi connectivity index (χ1) is 9.50. The zero-order valence-corrected chi connectivity index (χ0v) is 12.7. The van der Waals surface area contributed by atoms with Gasteiger partial charge >= 0.3 is 0 Å². The molecular weight excluding hydrogens is 294 g/mol. The molecule has 3 rings (SSSR count). The maximum atomic E-state index is 12.7. The lowest BCUT2D eigenvalue weighted by Crippen LogP contribution is -2.35. The van der Waals surface area contributed by atoms with Crippen molar-refractivity contribution in [2.45, 2.75) is 24.0 Å². The van der Waals surface area contributed by atoms with Crippen molar-refractivity contribution < 1.29 is 8.42 Å². The highest BCUT2D eigenvalue weighted by Gasteiger charge is 2.31. The standard InChI is InChI=1S/C13H15N3O2S2/c1-9-15-8-13(19-9)20(17,18)16-7-3-4-10-11(14)5-2-6-12(10)16/h2,5-6,8H,3-4,7,14H2,1H3. The van der Waals surface area contributed by atoms with Crippen molar-refractivity contribution in [3.63, 3.8) is 0 Å². The van der Waals surface area contributed by atoms with E-state index in [1.165, 1.54) is 21.8 Å². The molecule has 0 amide bonds. The maximum Gasteiger partial charge on any atom is 0.275 e. The average Bonchev–Trinajstić information content (AvgIpc) is 2.86. The van der Waals surface area contributed by atoms with Gasteiger partial charge in [-0.05, 0) is 37.5 Å². The van der Waals surface area contributed by atoms with Gasteiger partial charge in [0.25, 0.3) is 10.0 Å². The highest BCUT2D eigenvalue weighted by Crippen LogP contribution is 2.35. The molecule has 0 fully saturated rings. The van der Waals surface area contributed by atoms with Gasteiger partial charge in [-0.25, -0.2) is 13.4 Å². The number of nitrogen functional groups attached to an aromatic ring is 1. The summed E-state index contributed by atoms with van der Waals surface area (Å²) >= 11 is 1.20. The van der Waals surface area contributed by atoms with E-state index >= 15 is 0 Å². The lowest BCUT2D eigenvalue weighted by molar-refractivity contribution is 0.588. The number of sulfonamides is 1. The first-order valence-corrected chi connectivity index (χ1v) is 8.58. The van der Waals surface area contributed by atoms with Crippen LogP contribution in [0.25, 0.3) is 0 Å². The zero-order chi connectivity index (χ0) is 14.3. The van der Waals surface area contributed by atoms with E-state index in [-0.39, 0.29) is 4.21 Å². The van der Waals surface area contributed by atoms with Crippen LogP contribution < -0.4 is 10.0 Å². The Kier molecular flexibility index (Phi) is 3.18. The molecule has 7 heteroatoms. The molecule has 2 N–H and O–H groups in total. The summed E-state index contributed by atoms with van der Waals surface area (Å²) in [4.78, 5) is 4.04. The number of anilines is 2. The number of fused-ring (bicyclic) bond motifs is 1. The Labute approximate surface area is 122 Å². The summed E-state index contributed by atoms with van der Waals surface area (Å²) in [7, 11) is -3.54. The fraction of sp³-hybridized carbons (Fsp3) is 0.308. The summed E-state index contributed by atoms with van der Waals surface area (Å²) in [5.41, 5.74) is 8.23. The molecule has 5 nitrogen and oxygen atoms in total. The van der Waals surface area contributed by atoms with E-state index in [0.717, 1.165) is 23.4 Å². The van der Waals surface area contributed by atoms with Gasteiger partial charge in [0.2, 0.25) is 0 Å². The van der Waals surface area contributed by atoms with Crippen molar-refractivity contribution in [3.05, 3.63) is 35.0 Å². The normalized spacial score (nSPS) is 15.2. The monoisotopic (exact) mass is 309 g/mol. The van der Waals surface area contributed by atoms with Gasteiger partial charge < -0.3 is 5.73 Å². The number of aromatic nitrogens is 1. The summed E-state index contributed by atoms with van der Waals surface area (Å²) in [6.45, 7) is 2.28. The van der Waals surface area contributed by atoms with Crippen molar-refractivity contribution in [1.82, 2.24) is 4.98 Å². The van der Waals surface area contributed by atoms with Gasteiger partial charge in [0.1, 0.15) is 0 Å². The minimum absolute atomic E-state index is 0.283. The van der Waals surface area contributed by atoms with Crippen molar-refractivity contribution in [3.8, 4) is 0 Å². The third kappa shape index (κ3) is 2.06. The lowest BCUT2D eigenvalue weighted by Gasteiger charge is -2.30. The minimum atomic E-state index is -3.54. The average molecular weight is 309 g/mol. The van der Waals surface area contributed by atoms with Gasteiger partial charge in [-0.3, -0.25) is 4.31 Å². The molecule has 2 heterocycles. The van der Waals surface area contributed by atoms with Crippen LogP contribution in [0.15, 0.2) is 28.6 Å². The molecule has 1 aromatic heterocycles. The predicted octanol–water partition coefficient (Wildman–Crippen LogP) is 2.18. The number of hydrogen-bond donors (Lipinski definition) is 1. The summed E-state index contributed by atoms with van der Waals surface area (Å²) in [5.74, 6) is 0. The number of hydrogen-bond acceptors (Lipinski definition) is 5. The highest BCUT2D eigenvalue weighted by atomic mass is 32.2. The topological polar surface area (TPSA) is 76.3 Å². The number of rotatable bonds is 2. The minimum Gasteiger partial charge on any atom is -0.398 e. The Bertz CT molecular complexity index is 753. The van der Waals surface area contributed by atoms with Crippen LogP contribution in [0, 0.1) is 6.92 Å². The Balaban J connectivity index is 2.11. The molecule has 1 aliphatic rings. The highest BCUT2D eigenvalue weighted by molar-refractivity contribution is 7.94. The molecule has 0 bridgehead atoms. The summed E-state index contributed by atoms with van der Waals surface area (Å²) < 4.78 is 27.2. The summed E-state index contributed by atoms with van der Waals surface area (Å²) in [6.07, 6.45) is 3.02. The molecule has 2 aromatic rings. The SMILES string of the molecule is Cc1ncc(S(=O)(=O)N2CCCc3c(N)cccc32)s1. The maximum absolute atomic E-state index is 12.7. The van der Waals surface area contributed by atoms with Crippen LogP contribution in [0.3, 0.4) is 0 Å². The van der Waals surface area contributed by atoms with Crippen molar-refractivity contribution >= 4 is 32.7 Å². The van der Waals surface area contributed by atoms with E-state index in [9.17, 15) is 8.42 Å². The van der Waals surface area contributed by atoms with E-state index in [1.807, 2.05) is 12.1 Å². The van der Waals surface area contributed by atoms with Gasteiger partial charge in [0.05, 0.1) is 16.9 Å². The van der Waals surface area contributed by atoms with E-state index in [1.54, 1.807) is 13.0 Å². The molecule has 0 radical (unpaired) electrons. The fourth-order valence-corrected chi connectivity index (χ4v) is 5.19. The zero-order valence-electron chi connectivity index (χ0n) is 11.0. The van der Waals surface area contributed by atoms with Crippen LogP contribution in [0.5, 0.6) is 0 Å². The Morgan fingerprint density at radius 1 is 1.40 bits per heavy atom. The molecule has 0 saturated carbocycles. The first-order valence-electron chi connectivity index (χ1n) is 6.32. The second-order valence-corrected chi connectivity index (χ2v) is 8.05. The van der Waals surface area contributed by atoms with E-state index in [2.05, 4.69) is 4.98 Å². The van der Waals surface area contributed by atoms with E-state index in [4.69, 9.17) is 5.73 Å². The second-order valence-electron chi connectivity index (χ2n) is 4.72. The third-order valence-corrected chi connectivity index (χ3v) is 6.55. The van der Waals surface area contributed by atoms with Gasteiger partial charge in [0, 0.05) is 12.2 Å². The van der Waals surface area contributed by atoms with Crippen LogP contribution in [-0.4, -0.2) is 19.9 Å². The van der Waals surface area contributed by atoms with E-state index in [0.29, 0.717) is 17.9 Å². The van der Waals surface area contributed by atoms with Crippen LogP contribution in [-0.2, 0) is 16.4 Å². The number of aryl methyl sites for hydroxylation is 1. The summed E-state index contributed by atoms with van der Waals surface area (Å²) in [6, 6.07) is 5.42. The molecule has 0 unspecified atom stereocenters. The Morgan fingerprint density at radius 2 is 2.20 bits per heavy atom. The van der Waals surface area contributed by atoms with Gasteiger partial charge in [0.15, 0.2) is 4.21 Å². The molecule has 1 aliphatic heterocycles. The number of benzene rings is 1. The molecular formula is C13H15N3O2S2. The van der Waals surface area contributed by atoms with Crippen LogP contribution >= 0.6 is 11.3 Å². The van der Waals surface area contributed by atoms with Crippen molar-refractivity contribution in [1.29, 1.82) is 0 Å². The molecule has 106 valence electrons. The molecule has 1 aromatic carbocycles. The van der Waals surface area contributed by atoms with Crippen LogP contribution in [0.1, 0.15) is 17.0 Å².